The molecule has 0 aromatic heterocycles. The van der Waals surface area contributed by atoms with E-state index in [1.165, 1.54) is 17.3 Å². The van der Waals surface area contributed by atoms with Crippen molar-refractivity contribution in [3.63, 3.8) is 0 Å². The fraction of sp³-hybridized carbons (Fsp3) is 0.417. The molecule has 1 aromatic rings. The minimum atomic E-state index is 0.295. The normalized spacial score (nSPS) is 12.4. The summed E-state index contributed by atoms with van der Waals surface area (Å²) in [5.74, 6) is 1.21. The Bertz CT molecular complexity index is 282. The number of rotatable bonds is 4. The molecule has 1 aromatic carbocycles. The number of hydrogen-bond donors (Lipinski definition) is 0. The van der Waals surface area contributed by atoms with Gasteiger partial charge in [-0.2, -0.15) is 0 Å². The lowest BCUT2D eigenvalue weighted by Gasteiger charge is -2.09. The van der Waals surface area contributed by atoms with Crippen molar-refractivity contribution < 1.29 is 4.79 Å². The molecule has 0 saturated carbocycles. The van der Waals surface area contributed by atoms with Crippen molar-refractivity contribution in [3.8, 4) is 0 Å². The van der Waals surface area contributed by atoms with Crippen LogP contribution in [0.2, 0.25) is 0 Å². The highest BCUT2D eigenvalue weighted by Gasteiger charge is 2.10. The van der Waals surface area contributed by atoms with E-state index in [-0.39, 0.29) is 0 Å². The third kappa shape index (κ3) is 3.54. The Labute approximate surface area is 89.9 Å². The van der Waals surface area contributed by atoms with Crippen LogP contribution in [-0.4, -0.2) is 10.9 Å². The van der Waals surface area contributed by atoms with E-state index in [0.29, 0.717) is 17.5 Å². The molecule has 0 aliphatic carbocycles. The highest BCUT2D eigenvalue weighted by molar-refractivity contribution is 8.13. The first-order valence-electron chi connectivity index (χ1n) is 4.94. The molecule has 0 saturated heterocycles. The van der Waals surface area contributed by atoms with Gasteiger partial charge in [0.15, 0.2) is 5.12 Å². The first-order chi connectivity index (χ1) is 6.74. The quantitative estimate of drug-likeness (QED) is 0.753. The second-order valence-corrected chi connectivity index (χ2v) is 4.64. The predicted molar refractivity (Wildman–Crippen MR) is 62.6 cm³/mol. The maximum atomic E-state index is 11.4. The van der Waals surface area contributed by atoms with Crippen LogP contribution in [0.5, 0.6) is 0 Å². The van der Waals surface area contributed by atoms with Crippen molar-refractivity contribution in [1.29, 1.82) is 0 Å². The van der Waals surface area contributed by atoms with Crippen LogP contribution in [0.4, 0.5) is 0 Å². The third-order valence-corrected chi connectivity index (χ3v) is 2.92. The molecule has 0 bridgehead atoms. The van der Waals surface area contributed by atoms with Gasteiger partial charge in [-0.3, -0.25) is 4.79 Å². The van der Waals surface area contributed by atoms with Crippen molar-refractivity contribution in [2.45, 2.75) is 26.2 Å². The molecule has 0 N–H and O–H groups in total. The van der Waals surface area contributed by atoms with E-state index in [2.05, 4.69) is 19.1 Å². The highest BCUT2D eigenvalue weighted by atomic mass is 32.2. The molecule has 0 radical (unpaired) electrons. The molecule has 2 heteroatoms. The average Bonchev–Trinajstić information content (AvgIpc) is 2.19. The smallest absolute Gasteiger partial charge is 0.189 e. The van der Waals surface area contributed by atoms with Gasteiger partial charge < -0.3 is 0 Å². The Morgan fingerprint density at radius 3 is 2.57 bits per heavy atom. The van der Waals surface area contributed by atoms with Crippen LogP contribution >= 0.6 is 11.8 Å². The highest BCUT2D eigenvalue weighted by Crippen LogP contribution is 2.21. The van der Waals surface area contributed by atoms with Gasteiger partial charge >= 0.3 is 0 Å². The lowest BCUT2D eigenvalue weighted by molar-refractivity contribution is -0.111. The van der Waals surface area contributed by atoms with Crippen LogP contribution in [0.15, 0.2) is 30.3 Å². The largest absolute Gasteiger partial charge is 0.287 e. The monoisotopic (exact) mass is 208 g/mol. The van der Waals surface area contributed by atoms with E-state index >= 15 is 0 Å². The molecule has 0 fully saturated rings. The van der Waals surface area contributed by atoms with Crippen molar-refractivity contribution in [3.05, 3.63) is 35.9 Å². The number of benzene rings is 1. The minimum absolute atomic E-state index is 0.295. The van der Waals surface area contributed by atoms with Gasteiger partial charge in [-0.05, 0) is 17.2 Å². The zero-order valence-electron chi connectivity index (χ0n) is 8.69. The van der Waals surface area contributed by atoms with E-state index in [9.17, 15) is 4.79 Å². The molecule has 0 unspecified atom stereocenters. The SMILES string of the molecule is CCSC(=O)C[C@H](C)c1ccccc1. The van der Waals surface area contributed by atoms with Gasteiger partial charge in [-0.1, -0.05) is 55.9 Å². The molecule has 14 heavy (non-hydrogen) atoms. The maximum absolute atomic E-state index is 11.4. The molecule has 0 spiro atoms. The lowest BCUT2D eigenvalue weighted by atomic mass is 9.99. The zero-order chi connectivity index (χ0) is 10.4. The van der Waals surface area contributed by atoms with Crippen LogP contribution in [0.25, 0.3) is 0 Å². The van der Waals surface area contributed by atoms with Gasteiger partial charge in [0.2, 0.25) is 0 Å². The third-order valence-electron chi connectivity index (χ3n) is 2.15. The summed E-state index contributed by atoms with van der Waals surface area (Å²) in [6.07, 6.45) is 0.641. The lowest BCUT2D eigenvalue weighted by Crippen LogP contribution is -2.00. The van der Waals surface area contributed by atoms with Crippen LogP contribution in [0.3, 0.4) is 0 Å². The topological polar surface area (TPSA) is 17.1 Å². The van der Waals surface area contributed by atoms with Crippen LogP contribution in [0.1, 0.15) is 31.7 Å². The number of carbonyl (C=O) groups is 1. The van der Waals surface area contributed by atoms with Crippen molar-refractivity contribution >= 4 is 16.9 Å². The molecule has 76 valence electrons. The Balaban J connectivity index is 2.50. The summed E-state index contributed by atoms with van der Waals surface area (Å²) >= 11 is 1.42. The fourth-order valence-electron chi connectivity index (χ4n) is 1.37. The van der Waals surface area contributed by atoms with E-state index in [1.54, 1.807) is 0 Å². The van der Waals surface area contributed by atoms with Crippen LogP contribution in [-0.2, 0) is 4.79 Å². The van der Waals surface area contributed by atoms with Gasteiger partial charge in [-0.25, -0.2) is 0 Å². The second kappa shape index (κ2) is 5.86. The molecule has 1 nitrogen and oxygen atoms in total. The number of carbonyl (C=O) groups excluding carboxylic acids is 1. The summed E-state index contributed by atoms with van der Waals surface area (Å²) in [6, 6.07) is 10.2. The maximum Gasteiger partial charge on any atom is 0.189 e. The Morgan fingerprint density at radius 2 is 2.00 bits per heavy atom. The molecule has 0 aliphatic heterocycles. The molecular formula is C12H16OS. The number of thioether (sulfide) groups is 1. The summed E-state index contributed by atoms with van der Waals surface area (Å²) < 4.78 is 0. The summed E-state index contributed by atoms with van der Waals surface area (Å²) in [6.45, 7) is 4.11. The fourth-order valence-corrected chi connectivity index (χ4v) is 2.06. The van der Waals surface area contributed by atoms with E-state index in [1.807, 2.05) is 25.1 Å². The van der Waals surface area contributed by atoms with Gasteiger partial charge in [0.05, 0.1) is 0 Å². The van der Waals surface area contributed by atoms with E-state index in [0.717, 1.165) is 5.75 Å². The zero-order valence-corrected chi connectivity index (χ0v) is 9.51. The van der Waals surface area contributed by atoms with Crippen molar-refractivity contribution in [2.24, 2.45) is 0 Å². The Morgan fingerprint density at radius 1 is 1.36 bits per heavy atom. The van der Waals surface area contributed by atoms with E-state index in [4.69, 9.17) is 0 Å². The summed E-state index contributed by atoms with van der Waals surface area (Å²) in [4.78, 5) is 11.4. The Hall–Kier alpha value is -0.760. The van der Waals surface area contributed by atoms with Gasteiger partial charge in [0.25, 0.3) is 0 Å². The van der Waals surface area contributed by atoms with Crippen LogP contribution < -0.4 is 0 Å². The minimum Gasteiger partial charge on any atom is -0.287 e. The van der Waals surface area contributed by atoms with Gasteiger partial charge in [-0.15, -0.1) is 0 Å². The van der Waals surface area contributed by atoms with Crippen molar-refractivity contribution in [2.75, 3.05) is 5.75 Å². The molecule has 0 aliphatic rings. The molecule has 0 heterocycles. The second-order valence-electron chi connectivity index (χ2n) is 3.32. The predicted octanol–water partition coefficient (Wildman–Crippen LogP) is 3.46. The first-order valence-corrected chi connectivity index (χ1v) is 5.93. The van der Waals surface area contributed by atoms with Crippen LogP contribution in [0, 0.1) is 0 Å². The summed E-state index contributed by atoms with van der Waals surface area (Å²) in [7, 11) is 0. The number of hydrogen-bond acceptors (Lipinski definition) is 2. The van der Waals surface area contributed by atoms with Crippen molar-refractivity contribution in [1.82, 2.24) is 0 Å². The first kappa shape index (κ1) is 11.3. The standard InChI is InChI=1S/C12H16OS/c1-3-14-12(13)9-10(2)11-7-5-4-6-8-11/h4-8,10H,3,9H2,1-2H3/t10-/m0/s1. The Kier molecular flexibility index (Phi) is 4.74. The summed E-state index contributed by atoms with van der Waals surface area (Å²) in [5, 5.41) is 0.295. The average molecular weight is 208 g/mol. The molecule has 0 amide bonds. The molecule has 1 rings (SSSR count). The van der Waals surface area contributed by atoms with E-state index < -0.39 is 0 Å². The summed E-state index contributed by atoms with van der Waals surface area (Å²) in [5.41, 5.74) is 1.25. The molecule has 1 atom stereocenters. The van der Waals surface area contributed by atoms with Gasteiger partial charge in [0.1, 0.15) is 0 Å². The van der Waals surface area contributed by atoms with Gasteiger partial charge in [0, 0.05) is 6.42 Å². The molecular weight excluding hydrogens is 192 g/mol.